The molecule has 0 aliphatic carbocycles. The van der Waals surface area contributed by atoms with E-state index in [4.69, 9.17) is 14.2 Å². The van der Waals surface area contributed by atoms with Gasteiger partial charge in [0.15, 0.2) is 0 Å². The second-order valence-electron chi connectivity index (χ2n) is 7.98. The first-order chi connectivity index (χ1) is 14.9. The molecule has 2 fully saturated rings. The summed E-state index contributed by atoms with van der Waals surface area (Å²) in [6.07, 6.45) is 0.0493. The maximum Gasteiger partial charge on any atom is 0.114 e. The molecule has 0 amide bonds. The van der Waals surface area contributed by atoms with Crippen LogP contribution in [0.1, 0.15) is 11.1 Å². The molecule has 4 heteroatoms. The summed E-state index contributed by atoms with van der Waals surface area (Å²) in [5, 5.41) is 3.62. The Morgan fingerprint density at radius 3 is 2.13 bits per heavy atom. The van der Waals surface area contributed by atoms with Crippen LogP contribution >= 0.6 is 0 Å². The maximum atomic E-state index is 6.09. The van der Waals surface area contributed by atoms with E-state index in [1.54, 1.807) is 0 Å². The fourth-order valence-electron chi connectivity index (χ4n) is 4.25. The fraction of sp³-hybridized carbons (Fsp3) is 0.308. The van der Waals surface area contributed by atoms with Crippen molar-refractivity contribution in [2.75, 3.05) is 13.2 Å². The molecule has 2 aliphatic rings. The third-order valence-corrected chi connectivity index (χ3v) is 5.94. The summed E-state index contributed by atoms with van der Waals surface area (Å²) < 4.78 is 18.2. The van der Waals surface area contributed by atoms with Gasteiger partial charge in [0.25, 0.3) is 0 Å². The van der Waals surface area contributed by atoms with Crippen molar-refractivity contribution in [3.63, 3.8) is 0 Å². The van der Waals surface area contributed by atoms with Gasteiger partial charge in [-0.3, -0.25) is 0 Å². The lowest BCUT2D eigenvalue weighted by molar-refractivity contribution is -0.0393. The maximum absolute atomic E-state index is 6.09. The molecule has 3 aromatic rings. The molecule has 2 aliphatic heterocycles. The van der Waals surface area contributed by atoms with Crippen molar-refractivity contribution in [1.29, 1.82) is 0 Å². The van der Waals surface area contributed by atoms with E-state index in [1.807, 2.05) is 24.3 Å². The summed E-state index contributed by atoms with van der Waals surface area (Å²) in [4.78, 5) is 0. The molecule has 0 unspecified atom stereocenters. The molecule has 30 heavy (non-hydrogen) atoms. The Balaban J connectivity index is 1.13. The minimum Gasteiger partial charge on any atom is -0.371 e. The van der Waals surface area contributed by atoms with Gasteiger partial charge in [-0.2, -0.15) is 0 Å². The van der Waals surface area contributed by atoms with Crippen molar-refractivity contribution in [3.8, 4) is 11.1 Å². The number of ether oxygens (including phenoxy) is 3. The lowest BCUT2D eigenvalue weighted by Gasteiger charge is -2.18. The molecule has 2 heterocycles. The van der Waals surface area contributed by atoms with Crippen LogP contribution in [0.2, 0.25) is 0 Å². The van der Waals surface area contributed by atoms with Crippen LogP contribution in [0.4, 0.5) is 0 Å². The zero-order chi connectivity index (χ0) is 20.2. The number of nitrogens with one attached hydrogen (secondary N) is 1. The standard InChI is InChI=1S/C26H27NO3/c1-3-7-20(8-4-1)16-28-24-18-30-25-23(17-29-26(24)25)27-15-19-11-13-22(14-12-19)21-9-5-2-6-10-21/h1-14,23-27H,15-18H2/t23-,24+,25+,26+/m0/s1. The smallest absolute Gasteiger partial charge is 0.114 e. The highest BCUT2D eigenvalue weighted by molar-refractivity contribution is 5.63. The predicted octanol–water partition coefficient (Wildman–Crippen LogP) is 4.19. The Kier molecular flexibility index (Phi) is 5.91. The average molecular weight is 402 g/mol. The molecule has 4 nitrogen and oxygen atoms in total. The Bertz CT molecular complexity index is 930. The molecule has 3 aromatic carbocycles. The van der Waals surface area contributed by atoms with Gasteiger partial charge in [-0.15, -0.1) is 0 Å². The van der Waals surface area contributed by atoms with Gasteiger partial charge in [-0.1, -0.05) is 84.9 Å². The molecule has 0 saturated carbocycles. The molecule has 0 radical (unpaired) electrons. The molecule has 5 rings (SSSR count). The lowest BCUT2D eigenvalue weighted by Crippen LogP contribution is -2.41. The van der Waals surface area contributed by atoms with Crippen LogP contribution in [0.3, 0.4) is 0 Å². The van der Waals surface area contributed by atoms with Crippen molar-refractivity contribution in [2.45, 2.75) is 37.5 Å². The van der Waals surface area contributed by atoms with Gasteiger partial charge >= 0.3 is 0 Å². The first kappa shape index (κ1) is 19.5. The third kappa shape index (κ3) is 4.32. The number of hydrogen-bond acceptors (Lipinski definition) is 4. The van der Waals surface area contributed by atoms with Crippen LogP contribution in [0, 0.1) is 0 Å². The molecule has 1 N–H and O–H groups in total. The van der Waals surface area contributed by atoms with Gasteiger partial charge in [0.05, 0.1) is 25.9 Å². The minimum atomic E-state index is -0.00726. The first-order valence-corrected chi connectivity index (χ1v) is 10.6. The van der Waals surface area contributed by atoms with Gasteiger partial charge in [0.2, 0.25) is 0 Å². The number of rotatable bonds is 7. The van der Waals surface area contributed by atoms with E-state index in [0.717, 1.165) is 6.54 Å². The summed E-state index contributed by atoms with van der Waals surface area (Å²) in [5.41, 5.74) is 4.91. The van der Waals surface area contributed by atoms with Crippen LogP contribution in [-0.2, 0) is 27.4 Å². The number of benzene rings is 3. The Morgan fingerprint density at radius 2 is 1.37 bits per heavy atom. The zero-order valence-corrected chi connectivity index (χ0v) is 16.9. The highest BCUT2D eigenvalue weighted by atomic mass is 16.6. The molecule has 0 aromatic heterocycles. The average Bonchev–Trinajstić information content (AvgIpc) is 3.40. The van der Waals surface area contributed by atoms with Crippen molar-refractivity contribution in [1.82, 2.24) is 5.32 Å². The van der Waals surface area contributed by atoms with E-state index in [2.05, 4.69) is 66.0 Å². The van der Waals surface area contributed by atoms with E-state index in [1.165, 1.54) is 22.3 Å². The monoisotopic (exact) mass is 401 g/mol. The molecule has 2 saturated heterocycles. The summed E-state index contributed by atoms with van der Waals surface area (Å²) in [5.74, 6) is 0. The topological polar surface area (TPSA) is 39.7 Å². The fourth-order valence-corrected chi connectivity index (χ4v) is 4.25. The van der Waals surface area contributed by atoms with Gasteiger partial charge in [0, 0.05) is 6.54 Å². The lowest BCUT2D eigenvalue weighted by atomic mass is 10.0. The van der Waals surface area contributed by atoms with Gasteiger partial charge in [-0.25, -0.2) is 0 Å². The Morgan fingerprint density at radius 1 is 0.700 bits per heavy atom. The summed E-state index contributed by atoms with van der Waals surface area (Å²) >= 11 is 0. The van der Waals surface area contributed by atoms with Crippen LogP contribution in [0.25, 0.3) is 11.1 Å². The zero-order valence-electron chi connectivity index (χ0n) is 16.9. The second kappa shape index (κ2) is 9.11. The van der Waals surface area contributed by atoms with Crippen LogP contribution < -0.4 is 5.32 Å². The first-order valence-electron chi connectivity index (χ1n) is 10.6. The van der Waals surface area contributed by atoms with E-state index in [9.17, 15) is 0 Å². The largest absolute Gasteiger partial charge is 0.371 e. The SMILES string of the molecule is c1ccc(CO[C@@H]2CO[C@H]3[C@@H]2OC[C@@H]3NCc2ccc(-c3ccccc3)cc2)cc1. The molecule has 154 valence electrons. The van der Waals surface area contributed by atoms with E-state index < -0.39 is 0 Å². The summed E-state index contributed by atoms with van der Waals surface area (Å²) in [6, 6.07) is 29.6. The highest BCUT2D eigenvalue weighted by Crippen LogP contribution is 2.29. The van der Waals surface area contributed by atoms with Gasteiger partial charge < -0.3 is 19.5 Å². The van der Waals surface area contributed by atoms with Crippen LogP contribution in [0.5, 0.6) is 0 Å². The van der Waals surface area contributed by atoms with Gasteiger partial charge in [-0.05, 0) is 22.3 Å². The van der Waals surface area contributed by atoms with E-state index in [-0.39, 0.29) is 24.4 Å². The highest BCUT2D eigenvalue weighted by Gasteiger charge is 2.48. The van der Waals surface area contributed by atoms with Crippen molar-refractivity contribution < 1.29 is 14.2 Å². The quantitative estimate of drug-likeness (QED) is 0.644. The molecule has 0 spiro atoms. The minimum absolute atomic E-state index is 0.00617. The van der Waals surface area contributed by atoms with Crippen LogP contribution in [0.15, 0.2) is 84.9 Å². The molecule has 0 bridgehead atoms. The number of fused-ring (bicyclic) bond motifs is 1. The molecule has 4 atom stereocenters. The van der Waals surface area contributed by atoms with Crippen molar-refractivity contribution >= 4 is 0 Å². The summed E-state index contributed by atoms with van der Waals surface area (Å²) in [6.45, 7) is 2.63. The Hall–Kier alpha value is -2.50. The van der Waals surface area contributed by atoms with Gasteiger partial charge in [0.1, 0.15) is 18.3 Å². The van der Waals surface area contributed by atoms with Crippen LogP contribution in [-0.4, -0.2) is 37.6 Å². The normalized spacial score (nSPS) is 25.3. The Labute approximate surface area is 177 Å². The third-order valence-electron chi connectivity index (χ3n) is 5.94. The number of hydrogen-bond donors (Lipinski definition) is 1. The van der Waals surface area contributed by atoms with E-state index >= 15 is 0 Å². The molecular weight excluding hydrogens is 374 g/mol. The van der Waals surface area contributed by atoms with Crippen molar-refractivity contribution in [3.05, 3.63) is 96.1 Å². The second-order valence-corrected chi connectivity index (χ2v) is 7.98. The molecular formula is C26H27NO3. The van der Waals surface area contributed by atoms with Crippen molar-refractivity contribution in [2.24, 2.45) is 0 Å². The van der Waals surface area contributed by atoms with E-state index in [0.29, 0.717) is 19.8 Å². The summed E-state index contributed by atoms with van der Waals surface area (Å²) in [7, 11) is 0. The predicted molar refractivity (Wildman–Crippen MR) is 117 cm³/mol.